The molecule has 0 radical (unpaired) electrons. The Labute approximate surface area is 150 Å². The summed E-state index contributed by atoms with van der Waals surface area (Å²) in [7, 11) is 0. The van der Waals surface area contributed by atoms with Crippen LogP contribution in [0.4, 0.5) is 17.6 Å². The maximum absolute atomic E-state index is 14.5. The van der Waals surface area contributed by atoms with Crippen molar-refractivity contribution in [3.05, 3.63) is 83.4 Å². The molecule has 0 aliphatic rings. The topological polar surface area (TPSA) is 0 Å². The quantitative estimate of drug-likeness (QED) is 0.434. The number of benzene rings is 3. The summed E-state index contributed by atoms with van der Waals surface area (Å²) < 4.78 is 55.3. The fourth-order valence-electron chi connectivity index (χ4n) is 2.91. The van der Waals surface area contributed by atoms with Gasteiger partial charge in [-0.3, -0.25) is 0 Å². The highest BCUT2D eigenvalue weighted by atomic mass is 19.2. The van der Waals surface area contributed by atoms with Crippen molar-refractivity contribution in [3.8, 4) is 22.3 Å². The molecule has 0 saturated heterocycles. The molecule has 0 nitrogen and oxygen atoms in total. The molecule has 0 fully saturated rings. The molecule has 4 heteroatoms. The number of hydrogen-bond acceptors (Lipinski definition) is 0. The van der Waals surface area contributed by atoms with Crippen molar-refractivity contribution in [2.75, 3.05) is 0 Å². The number of rotatable bonds is 5. The lowest BCUT2D eigenvalue weighted by Crippen LogP contribution is -1.92. The first-order valence-electron chi connectivity index (χ1n) is 8.53. The highest BCUT2D eigenvalue weighted by Crippen LogP contribution is 2.30. The number of unbranched alkanes of at least 4 members (excludes halogenated alkanes) is 1. The lowest BCUT2D eigenvalue weighted by Gasteiger charge is -2.09. The first-order chi connectivity index (χ1) is 12.5. The molecule has 0 atom stereocenters. The van der Waals surface area contributed by atoms with Gasteiger partial charge in [-0.15, -0.1) is 0 Å². The summed E-state index contributed by atoms with van der Waals surface area (Å²) in [5.74, 6) is -3.06. The third-order valence-corrected chi connectivity index (χ3v) is 4.36. The van der Waals surface area contributed by atoms with Crippen molar-refractivity contribution in [1.29, 1.82) is 0 Å². The van der Waals surface area contributed by atoms with E-state index < -0.39 is 23.3 Å². The lowest BCUT2D eigenvalue weighted by atomic mass is 9.97. The Balaban J connectivity index is 1.93. The first-order valence-corrected chi connectivity index (χ1v) is 8.53. The van der Waals surface area contributed by atoms with E-state index in [4.69, 9.17) is 0 Å². The molecule has 0 aliphatic heterocycles. The van der Waals surface area contributed by atoms with Crippen LogP contribution < -0.4 is 0 Å². The maximum atomic E-state index is 14.5. The molecule has 0 unspecified atom stereocenters. The van der Waals surface area contributed by atoms with Crippen LogP contribution in [0.1, 0.15) is 25.3 Å². The summed E-state index contributed by atoms with van der Waals surface area (Å²) >= 11 is 0. The summed E-state index contributed by atoms with van der Waals surface area (Å²) in [4.78, 5) is 0. The van der Waals surface area contributed by atoms with E-state index in [1.807, 2.05) is 6.07 Å². The monoisotopic (exact) mass is 358 g/mol. The summed E-state index contributed by atoms with van der Waals surface area (Å²) in [6, 6.07) is 12.4. The normalized spacial score (nSPS) is 11.0. The van der Waals surface area contributed by atoms with E-state index in [0.29, 0.717) is 11.1 Å². The van der Waals surface area contributed by atoms with E-state index >= 15 is 0 Å². The molecule has 0 aromatic heterocycles. The van der Waals surface area contributed by atoms with Gasteiger partial charge in [0.25, 0.3) is 0 Å². The van der Waals surface area contributed by atoms with Crippen LogP contribution in [-0.4, -0.2) is 0 Å². The Morgan fingerprint density at radius 3 is 1.77 bits per heavy atom. The largest absolute Gasteiger partial charge is 0.206 e. The van der Waals surface area contributed by atoms with Gasteiger partial charge in [-0.05, 0) is 53.8 Å². The van der Waals surface area contributed by atoms with E-state index in [-0.39, 0.29) is 11.1 Å². The Morgan fingerprint density at radius 2 is 1.19 bits per heavy atom. The van der Waals surface area contributed by atoms with E-state index in [2.05, 4.69) is 6.92 Å². The smallest absolute Gasteiger partial charge is 0.159 e. The predicted molar refractivity (Wildman–Crippen MR) is 95.8 cm³/mol. The van der Waals surface area contributed by atoms with Gasteiger partial charge < -0.3 is 0 Å². The van der Waals surface area contributed by atoms with Crippen LogP contribution in [0.2, 0.25) is 0 Å². The number of hydrogen-bond donors (Lipinski definition) is 0. The zero-order valence-electron chi connectivity index (χ0n) is 14.3. The number of aryl methyl sites for hydroxylation is 1. The van der Waals surface area contributed by atoms with Crippen LogP contribution in [-0.2, 0) is 6.42 Å². The van der Waals surface area contributed by atoms with Gasteiger partial charge in [0.15, 0.2) is 11.6 Å². The molecule has 0 spiro atoms. The molecule has 0 N–H and O–H groups in total. The summed E-state index contributed by atoms with van der Waals surface area (Å²) in [5.41, 5.74) is 1.97. The molecule has 26 heavy (non-hydrogen) atoms. The fourth-order valence-corrected chi connectivity index (χ4v) is 2.91. The molecule has 0 saturated carbocycles. The van der Waals surface area contributed by atoms with Gasteiger partial charge in [0.1, 0.15) is 11.6 Å². The van der Waals surface area contributed by atoms with Gasteiger partial charge in [0.2, 0.25) is 0 Å². The Hall–Kier alpha value is -2.62. The summed E-state index contributed by atoms with van der Waals surface area (Å²) in [5, 5.41) is 0. The minimum atomic E-state index is -1.04. The van der Waals surface area contributed by atoms with Crippen LogP contribution in [0.15, 0.2) is 54.6 Å². The molecule has 0 heterocycles. The van der Waals surface area contributed by atoms with Crippen molar-refractivity contribution in [3.63, 3.8) is 0 Å². The van der Waals surface area contributed by atoms with Gasteiger partial charge in [-0.2, -0.15) is 0 Å². The van der Waals surface area contributed by atoms with Crippen molar-refractivity contribution in [1.82, 2.24) is 0 Å². The van der Waals surface area contributed by atoms with Crippen molar-refractivity contribution < 1.29 is 17.6 Å². The van der Waals surface area contributed by atoms with Crippen LogP contribution >= 0.6 is 0 Å². The fraction of sp³-hybridized carbons (Fsp3) is 0.182. The molecule has 3 aromatic rings. The van der Waals surface area contributed by atoms with Crippen LogP contribution in [0, 0.1) is 23.3 Å². The standard InChI is InChI=1S/C22H18F4/c1-2-3-4-14-5-8-17(20(24)11-14)15-6-9-18(21(25)12-15)16-7-10-19(23)22(26)13-16/h5-13H,2-4H2,1H3. The van der Waals surface area contributed by atoms with E-state index in [1.54, 1.807) is 12.1 Å². The zero-order valence-corrected chi connectivity index (χ0v) is 14.3. The van der Waals surface area contributed by atoms with Gasteiger partial charge in [-0.25, -0.2) is 17.6 Å². The van der Waals surface area contributed by atoms with Crippen LogP contribution in [0.25, 0.3) is 22.3 Å². The van der Waals surface area contributed by atoms with Gasteiger partial charge in [0, 0.05) is 11.1 Å². The maximum Gasteiger partial charge on any atom is 0.159 e. The Morgan fingerprint density at radius 1 is 0.615 bits per heavy atom. The second kappa shape index (κ2) is 7.73. The van der Waals surface area contributed by atoms with Gasteiger partial charge in [-0.1, -0.05) is 43.7 Å². The van der Waals surface area contributed by atoms with Crippen molar-refractivity contribution in [2.45, 2.75) is 26.2 Å². The third-order valence-electron chi connectivity index (χ3n) is 4.36. The van der Waals surface area contributed by atoms with Crippen LogP contribution in [0.3, 0.4) is 0 Å². The van der Waals surface area contributed by atoms with E-state index in [9.17, 15) is 17.6 Å². The Kier molecular flexibility index (Phi) is 5.40. The van der Waals surface area contributed by atoms with Crippen LogP contribution in [0.5, 0.6) is 0 Å². The minimum absolute atomic E-state index is 0.132. The van der Waals surface area contributed by atoms with E-state index in [1.165, 1.54) is 24.3 Å². The molecule has 3 aromatic carbocycles. The molecule has 134 valence electrons. The predicted octanol–water partition coefficient (Wildman–Crippen LogP) is 6.92. The first kappa shape index (κ1) is 18.2. The van der Waals surface area contributed by atoms with E-state index in [0.717, 1.165) is 37.0 Å². The zero-order chi connectivity index (χ0) is 18.7. The second-order valence-corrected chi connectivity index (χ2v) is 6.24. The molecule has 0 bridgehead atoms. The highest BCUT2D eigenvalue weighted by Gasteiger charge is 2.12. The molecule has 0 aliphatic carbocycles. The van der Waals surface area contributed by atoms with Crippen molar-refractivity contribution in [2.24, 2.45) is 0 Å². The summed E-state index contributed by atoms with van der Waals surface area (Å²) in [6.07, 6.45) is 2.81. The van der Waals surface area contributed by atoms with Gasteiger partial charge >= 0.3 is 0 Å². The average Bonchev–Trinajstić information content (AvgIpc) is 2.62. The molecular formula is C22H18F4. The third kappa shape index (κ3) is 3.79. The molecule has 3 rings (SSSR count). The van der Waals surface area contributed by atoms with Gasteiger partial charge in [0.05, 0.1) is 0 Å². The molecular weight excluding hydrogens is 340 g/mol. The number of halogens is 4. The Bertz CT molecular complexity index is 931. The minimum Gasteiger partial charge on any atom is -0.206 e. The molecule has 0 amide bonds. The average molecular weight is 358 g/mol. The lowest BCUT2D eigenvalue weighted by molar-refractivity contribution is 0.509. The summed E-state index contributed by atoms with van der Waals surface area (Å²) in [6.45, 7) is 2.07. The highest BCUT2D eigenvalue weighted by molar-refractivity contribution is 5.71. The second-order valence-electron chi connectivity index (χ2n) is 6.24. The van der Waals surface area contributed by atoms with Crippen molar-refractivity contribution >= 4 is 0 Å². The SMILES string of the molecule is CCCCc1ccc(-c2ccc(-c3ccc(F)c(F)c3)c(F)c2)c(F)c1.